The van der Waals surface area contributed by atoms with Gasteiger partial charge in [-0.15, -0.1) is 0 Å². The van der Waals surface area contributed by atoms with Gasteiger partial charge in [0.25, 0.3) is 0 Å². The Morgan fingerprint density at radius 3 is 2.81 bits per heavy atom. The fourth-order valence-corrected chi connectivity index (χ4v) is 3.81. The first-order valence-electron chi connectivity index (χ1n) is 9.71. The Morgan fingerprint density at radius 2 is 2.10 bits per heavy atom. The molecule has 1 aromatic heterocycles. The topological polar surface area (TPSA) is 89.6 Å². The second-order valence-electron chi connectivity index (χ2n) is 7.42. The smallest absolute Gasteiger partial charge is 0.366 e. The predicted molar refractivity (Wildman–Crippen MR) is 102 cm³/mol. The van der Waals surface area contributed by atoms with Crippen molar-refractivity contribution in [1.29, 1.82) is 0 Å². The summed E-state index contributed by atoms with van der Waals surface area (Å²) in [7, 11) is 0. The van der Waals surface area contributed by atoms with E-state index >= 15 is 0 Å². The summed E-state index contributed by atoms with van der Waals surface area (Å²) < 4.78 is 50.1. The van der Waals surface area contributed by atoms with Crippen molar-refractivity contribution in [3.05, 3.63) is 47.8 Å². The zero-order valence-electron chi connectivity index (χ0n) is 16.2. The zero-order chi connectivity index (χ0) is 22.2. The van der Waals surface area contributed by atoms with Crippen molar-refractivity contribution in [3.8, 4) is 0 Å². The molecule has 2 bridgehead atoms. The van der Waals surface area contributed by atoms with Crippen LogP contribution in [0, 0.1) is 5.82 Å². The molecule has 1 aromatic rings. The quantitative estimate of drug-likeness (QED) is 0.623. The van der Waals surface area contributed by atoms with Crippen molar-refractivity contribution >= 4 is 17.8 Å². The van der Waals surface area contributed by atoms with Gasteiger partial charge in [-0.25, -0.2) is 14.2 Å². The minimum absolute atomic E-state index is 0.160. The normalized spacial score (nSPS) is 22.2. The highest BCUT2D eigenvalue weighted by atomic mass is 19.4. The first-order chi connectivity index (χ1) is 14.7. The number of hydrogen-bond donors (Lipinski definition) is 3. The second-order valence-corrected chi connectivity index (χ2v) is 7.42. The van der Waals surface area contributed by atoms with Gasteiger partial charge in [0.2, 0.25) is 5.91 Å². The molecule has 1 unspecified atom stereocenters. The third-order valence-corrected chi connectivity index (χ3v) is 5.26. The monoisotopic (exact) mass is 440 g/mol. The molecule has 0 aliphatic carbocycles. The average Bonchev–Trinajstić information content (AvgIpc) is 3.12. The maximum atomic E-state index is 13.1. The van der Waals surface area contributed by atoms with Crippen LogP contribution in [-0.2, 0) is 4.79 Å². The van der Waals surface area contributed by atoms with Gasteiger partial charge >= 0.3 is 12.2 Å². The Kier molecular flexibility index (Phi) is 5.46. The largest absolute Gasteiger partial charge is 0.390 e. The van der Waals surface area contributed by atoms with Gasteiger partial charge in [0.05, 0.1) is 24.4 Å². The zero-order valence-corrected chi connectivity index (χ0v) is 16.2. The SMILES string of the molecule is O=C(NCCC(F)(F)F)C1C=CC2=C(N1)N(C(=O)Nc1ccc(F)cn1)[C@H]1CCN2C1. The number of alkyl halides is 3. The summed E-state index contributed by atoms with van der Waals surface area (Å²) in [6.07, 6.45) is -0.558. The van der Waals surface area contributed by atoms with E-state index in [4.69, 9.17) is 0 Å². The molecule has 166 valence electrons. The summed E-state index contributed by atoms with van der Waals surface area (Å²) in [5, 5.41) is 7.85. The van der Waals surface area contributed by atoms with Gasteiger partial charge in [-0.05, 0) is 24.6 Å². The summed E-state index contributed by atoms with van der Waals surface area (Å²) in [5.74, 6) is -0.597. The molecule has 0 saturated carbocycles. The fourth-order valence-electron chi connectivity index (χ4n) is 3.81. The number of rotatable bonds is 4. The molecule has 8 nitrogen and oxygen atoms in total. The van der Waals surface area contributed by atoms with E-state index in [-0.39, 0.29) is 11.9 Å². The van der Waals surface area contributed by atoms with Gasteiger partial charge in [0.15, 0.2) is 0 Å². The number of nitrogens with zero attached hydrogens (tertiary/aromatic N) is 3. The Hall–Kier alpha value is -3.31. The molecule has 1 saturated heterocycles. The van der Waals surface area contributed by atoms with Crippen LogP contribution >= 0.6 is 0 Å². The van der Waals surface area contributed by atoms with Gasteiger partial charge in [-0.2, -0.15) is 13.2 Å². The Labute approximate surface area is 175 Å². The summed E-state index contributed by atoms with van der Waals surface area (Å²) in [6, 6.07) is 0.914. The van der Waals surface area contributed by atoms with Gasteiger partial charge < -0.3 is 15.5 Å². The maximum Gasteiger partial charge on any atom is 0.390 e. The summed E-state index contributed by atoms with van der Waals surface area (Å²) >= 11 is 0. The molecule has 12 heteroatoms. The number of fused-ring (bicyclic) bond motifs is 3. The molecule has 3 aliphatic rings. The van der Waals surface area contributed by atoms with Gasteiger partial charge in [0, 0.05) is 19.6 Å². The van der Waals surface area contributed by atoms with E-state index in [1.807, 2.05) is 0 Å². The van der Waals surface area contributed by atoms with E-state index in [1.165, 1.54) is 17.0 Å². The van der Waals surface area contributed by atoms with Crippen molar-refractivity contribution in [2.75, 3.05) is 25.0 Å². The molecule has 2 atom stereocenters. The molecule has 0 aromatic carbocycles. The van der Waals surface area contributed by atoms with E-state index in [0.29, 0.717) is 18.8 Å². The molecule has 3 amide bonds. The van der Waals surface area contributed by atoms with Crippen molar-refractivity contribution in [1.82, 2.24) is 25.4 Å². The van der Waals surface area contributed by atoms with Crippen LogP contribution in [0.15, 0.2) is 42.0 Å². The molecule has 4 rings (SSSR count). The van der Waals surface area contributed by atoms with Crippen LogP contribution in [0.25, 0.3) is 0 Å². The number of halogens is 4. The van der Waals surface area contributed by atoms with E-state index in [9.17, 15) is 27.2 Å². The number of aromatic nitrogens is 1. The number of amides is 3. The molecular formula is C19H20F4N6O2. The summed E-state index contributed by atoms with van der Waals surface area (Å²) in [4.78, 5) is 32.7. The minimum Gasteiger partial charge on any atom is -0.366 e. The van der Waals surface area contributed by atoms with Crippen molar-refractivity contribution < 1.29 is 27.2 Å². The molecule has 1 fully saturated rings. The Morgan fingerprint density at radius 1 is 1.29 bits per heavy atom. The summed E-state index contributed by atoms with van der Waals surface area (Å²) in [5.41, 5.74) is 0.718. The third-order valence-electron chi connectivity index (χ3n) is 5.26. The average molecular weight is 440 g/mol. The highest BCUT2D eigenvalue weighted by molar-refractivity contribution is 5.91. The predicted octanol–water partition coefficient (Wildman–Crippen LogP) is 1.91. The lowest BCUT2D eigenvalue weighted by Gasteiger charge is -2.40. The lowest BCUT2D eigenvalue weighted by atomic mass is 10.1. The van der Waals surface area contributed by atoms with Crippen LogP contribution in [0.3, 0.4) is 0 Å². The molecule has 0 radical (unpaired) electrons. The number of nitrogens with one attached hydrogen (secondary N) is 3. The maximum absolute atomic E-state index is 13.1. The number of dihydropyridines is 1. The number of carbonyl (C=O) groups excluding carboxylic acids is 2. The van der Waals surface area contributed by atoms with Crippen molar-refractivity contribution in [2.45, 2.75) is 31.1 Å². The van der Waals surface area contributed by atoms with Gasteiger partial charge in [-0.3, -0.25) is 15.0 Å². The number of urea groups is 1. The number of hydrogen-bond acceptors (Lipinski definition) is 5. The number of pyridine rings is 1. The van der Waals surface area contributed by atoms with Crippen molar-refractivity contribution in [3.63, 3.8) is 0 Å². The van der Waals surface area contributed by atoms with Crippen LogP contribution < -0.4 is 16.0 Å². The molecule has 0 spiro atoms. The molecule has 31 heavy (non-hydrogen) atoms. The van der Waals surface area contributed by atoms with Gasteiger partial charge in [-0.1, -0.05) is 6.08 Å². The first kappa shape index (κ1) is 20.9. The third kappa shape index (κ3) is 4.57. The standard InChI is InChI=1S/C19H20F4N6O2/c20-11-1-4-15(25-9-11)27-18(31)29-12-5-8-28(10-12)14-3-2-13(26-16(14)29)17(30)24-7-6-19(21,22)23/h1-4,9,12-13,26H,5-8,10H2,(H,24,30)(H,25,27,31)/t12-,13?/m0/s1. The van der Waals surface area contributed by atoms with Crippen LogP contribution in [0.2, 0.25) is 0 Å². The lowest BCUT2D eigenvalue weighted by Crippen LogP contribution is -2.56. The number of anilines is 1. The van der Waals surface area contributed by atoms with Crippen LogP contribution in [-0.4, -0.2) is 64.6 Å². The Balaban J connectivity index is 1.48. The van der Waals surface area contributed by atoms with E-state index < -0.39 is 42.9 Å². The fraction of sp³-hybridized carbons (Fsp3) is 0.421. The minimum atomic E-state index is -4.36. The molecule has 3 aliphatic heterocycles. The van der Waals surface area contributed by atoms with E-state index in [2.05, 4.69) is 25.8 Å². The lowest BCUT2D eigenvalue weighted by molar-refractivity contribution is -0.135. The number of carbonyl (C=O) groups is 2. The Bertz CT molecular complexity index is 930. The second kappa shape index (κ2) is 8.08. The van der Waals surface area contributed by atoms with E-state index in [0.717, 1.165) is 18.4 Å². The van der Waals surface area contributed by atoms with Gasteiger partial charge in [0.1, 0.15) is 23.5 Å². The molecule has 4 heterocycles. The summed E-state index contributed by atoms with van der Waals surface area (Å²) in [6.45, 7) is 0.795. The van der Waals surface area contributed by atoms with Crippen LogP contribution in [0.5, 0.6) is 0 Å². The van der Waals surface area contributed by atoms with Crippen LogP contribution in [0.1, 0.15) is 12.8 Å². The molecule has 3 N–H and O–H groups in total. The number of allylic oxidation sites excluding steroid dienone is 1. The first-order valence-corrected chi connectivity index (χ1v) is 9.71. The van der Waals surface area contributed by atoms with Crippen LogP contribution in [0.4, 0.5) is 28.2 Å². The highest BCUT2D eigenvalue weighted by Gasteiger charge is 2.42. The van der Waals surface area contributed by atoms with Crippen molar-refractivity contribution in [2.24, 2.45) is 0 Å². The van der Waals surface area contributed by atoms with E-state index in [1.54, 1.807) is 12.2 Å². The highest BCUT2D eigenvalue weighted by Crippen LogP contribution is 2.33. The molecular weight excluding hydrogens is 420 g/mol.